The normalized spacial score (nSPS) is 24.9. The Kier molecular flexibility index (Phi) is 4.30. The molecule has 0 aromatic carbocycles. The van der Waals surface area contributed by atoms with E-state index < -0.39 is 0 Å². The van der Waals surface area contributed by atoms with Gasteiger partial charge in [-0.2, -0.15) is 0 Å². The molecule has 1 rings (SSSR count). The first kappa shape index (κ1) is 9.72. The molecular weight excluding hydrogens is 150 g/mol. The van der Waals surface area contributed by atoms with Gasteiger partial charge in [-0.25, -0.2) is 0 Å². The van der Waals surface area contributed by atoms with E-state index in [2.05, 4.69) is 5.32 Å². The molecule has 0 aromatic heterocycles. The number of ketones is 1. The van der Waals surface area contributed by atoms with Crippen LogP contribution in [0.5, 0.6) is 0 Å². The molecule has 1 unspecified atom stereocenters. The second-order valence-electron chi connectivity index (χ2n) is 3.79. The van der Waals surface area contributed by atoms with Gasteiger partial charge in [0.15, 0.2) is 0 Å². The average molecular weight is 169 g/mol. The standard InChI is InChI=1S/C10H19NO/c1-9(12)4-5-10-3-2-7-11-8-6-10/h10-11H,2-8H2,1H3. The van der Waals surface area contributed by atoms with Crippen LogP contribution in [0.4, 0.5) is 0 Å². The third-order valence-electron chi connectivity index (χ3n) is 2.60. The smallest absolute Gasteiger partial charge is 0.129 e. The van der Waals surface area contributed by atoms with E-state index in [1.807, 2.05) is 0 Å². The maximum atomic E-state index is 10.8. The van der Waals surface area contributed by atoms with E-state index >= 15 is 0 Å². The van der Waals surface area contributed by atoms with Crippen molar-refractivity contribution in [1.82, 2.24) is 5.32 Å². The lowest BCUT2D eigenvalue weighted by molar-refractivity contribution is -0.117. The van der Waals surface area contributed by atoms with Crippen molar-refractivity contribution in [3.8, 4) is 0 Å². The maximum absolute atomic E-state index is 10.8. The Morgan fingerprint density at radius 1 is 1.42 bits per heavy atom. The third-order valence-corrected chi connectivity index (χ3v) is 2.60. The lowest BCUT2D eigenvalue weighted by Gasteiger charge is -2.11. The minimum atomic E-state index is 0.340. The van der Waals surface area contributed by atoms with E-state index in [0.717, 1.165) is 31.8 Å². The van der Waals surface area contributed by atoms with Gasteiger partial charge in [-0.3, -0.25) is 0 Å². The first-order chi connectivity index (χ1) is 5.79. The number of hydrogen-bond acceptors (Lipinski definition) is 2. The average Bonchev–Trinajstić information content (AvgIpc) is 2.28. The molecule has 0 spiro atoms. The largest absolute Gasteiger partial charge is 0.317 e. The van der Waals surface area contributed by atoms with Crippen LogP contribution in [0.25, 0.3) is 0 Å². The van der Waals surface area contributed by atoms with Crippen LogP contribution in [0, 0.1) is 5.92 Å². The monoisotopic (exact) mass is 169 g/mol. The van der Waals surface area contributed by atoms with Gasteiger partial charge in [-0.15, -0.1) is 0 Å². The maximum Gasteiger partial charge on any atom is 0.129 e. The highest BCUT2D eigenvalue weighted by molar-refractivity contribution is 5.75. The lowest BCUT2D eigenvalue weighted by Crippen LogP contribution is -2.14. The highest BCUT2D eigenvalue weighted by Gasteiger charge is 2.11. The summed E-state index contributed by atoms with van der Waals surface area (Å²) in [6, 6.07) is 0. The van der Waals surface area contributed by atoms with E-state index in [0.29, 0.717) is 5.78 Å². The minimum Gasteiger partial charge on any atom is -0.317 e. The van der Waals surface area contributed by atoms with Gasteiger partial charge in [0.1, 0.15) is 5.78 Å². The Labute approximate surface area is 74.7 Å². The van der Waals surface area contributed by atoms with E-state index in [-0.39, 0.29) is 0 Å². The van der Waals surface area contributed by atoms with E-state index in [4.69, 9.17) is 0 Å². The molecule has 0 aromatic rings. The number of nitrogens with one attached hydrogen (secondary N) is 1. The highest BCUT2D eigenvalue weighted by Crippen LogP contribution is 2.18. The van der Waals surface area contributed by atoms with Crippen LogP contribution in [0.15, 0.2) is 0 Å². The van der Waals surface area contributed by atoms with Gasteiger partial charge >= 0.3 is 0 Å². The summed E-state index contributed by atoms with van der Waals surface area (Å²) in [5.41, 5.74) is 0. The second kappa shape index (κ2) is 5.31. The molecule has 2 heteroatoms. The van der Waals surface area contributed by atoms with Crippen LogP contribution in [-0.2, 0) is 4.79 Å². The molecule has 1 aliphatic heterocycles. The summed E-state index contributed by atoms with van der Waals surface area (Å²) in [6.07, 6.45) is 5.73. The predicted molar refractivity (Wildman–Crippen MR) is 50.1 cm³/mol. The molecule has 0 saturated carbocycles. The SMILES string of the molecule is CC(=O)CCC1CCCNCC1. The van der Waals surface area contributed by atoms with Crippen LogP contribution < -0.4 is 5.32 Å². The van der Waals surface area contributed by atoms with Crippen molar-refractivity contribution in [2.75, 3.05) is 13.1 Å². The zero-order chi connectivity index (χ0) is 8.81. The van der Waals surface area contributed by atoms with Gasteiger partial charge < -0.3 is 10.1 Å². The molecule has 0 aliphatic carbocycles. The Balaban J connectivity index is 2.16. The molecule has 1 aliphatic rings. The summed E-state index contributed by atoms with van der Waals surface area (Å²) in [6.45, 7) is 3.99. The number of hydrogen-bond donors (Lipinski definition) is 1. The van der Waals surface area contributed by atoms with Crippen LogP contribution in [-0.4, -0.2) is 18.9 Å². The van der Waals surface area contributed by atoms with E-state index in [9.17, 15) is 4.79 Å². The summed E-state index contributed by atoms with van der Waals surface area (Å²) in [5, 5.41) is 3.38. The van der Waals surface area contributed by atoms with Gasteiger partial charge in [0.2, 0.25) is 0 Å². The van der Waals surface area contributed by atoms with Crippen molar-refractivity contribution in [3.05, 3.63) is 0 Å². The molecule has 0 radical (unpaired) electrons. The first-order valence-corrected chi connectivity index (χ1v) is 4.99. The Bertz CT molecular complexity index is 137. The zero-order valence-corrected chi connectivity index (χ0v) is 7.94. The summed E-state index contributed by atoms with van der Waals surface area (Å²) in [5.74, 6) is 1.14. The Hall–Kier alpha value is -0.370. The van der Waals surface area contributed by atoms with Crippen molar-refractivity contribution in [3.63, 3.8) is 0 Å². The quantitative estimate of drug-likeness (QED) is 0.697. The van der Waals surface area contributed by atoms with Gasteiger partial charge in [0, 0.05) is 6.42 Å². The molecule has 70 valence electrons. The summed E-state index contributed by atoms with van der Waals surface area (Å²) < 4.78 is 0. The van der Waals surface area contributed by atoms with Crippen molar-refractivity contribution in [2.45, 2.75) is 39.0 Å². The van der Waals surface area contributed by atoms with Crippen LogP contribution in [0.3, 0.4) is 0 Å². The number of Topliss-reactive ketones (excluding diaryl/α,β-unsaturated/α-hetero) is 1. The van der Waals surface area contributed by atoms with Crippen molar-refractivity contribution in [2.24, 2.45) is 5.92 Å². The number of carbonyl (C=O) groups excluding carboxylic acids is 1. The topological polar surface area (TPSA) is 29.1 Å². The van der Waals surface area contributed by atoms with Gasteiger partial charge in [-0.1, -0.05) is 0 Å². The number of rotatable bonds is 3. The molecular formula is C10H19NO. The summed E-state index contributed by atoms with van der Waals surface area (Å²) >= 11 is 0. The van der Waals surface area contributed by atoms with Gasteiger partial charge in [0.05, 0.1) is 0 Å². The fourth-order valence-electron chi connectivity index (χ4n) is 1.79. The van der Waals surface area contributed by atoms with Crippen molar-refractivity contribution in [1.29, 1.82) is 0 Å². The van der Waals surface area contributed by atoms with Crippen molar-refractivity contribution < 1.29 is 4.79 Å². The third kappa shape index (κ3) is 3.86. The van der Waals surface area contributed by atoms with Crippen LogP contribution >= 0.6 is 0 Å². The molecule has 1 heterocycles. The molecule has 1 atom stereocenters. The van der Waals surface area contributed by atoms with E-state index in [1.54, 1.807) is 6.92 Å². The van der Waals surface area contributed by atoms with Crippen LogP contribution in [0.1, 0.15) is 39.0 Å². The lowest BCUT2D eigenvalue weighted by atomic mass is 9.94. The van der Waals surface area contributed by atoms with Crippen molar-refractivity contribution >= 4 is 5.78 Å². The van der Waals surface area contributed by atoms with Gasteiger partial charge in [0.25, 0.3) is 0 Å². The summed E-state index contributed by atoms with van der Waals surface area (Å²) in [7, 11) is 0. The minimum absolute atomic E-state index is 0.340. The predicted octanol–water partition coefficient (Wildman–Crippen LogP) is 1.75. The zero-order valence-electron chi connectivity index (χ0n) is 7.94. The van der Waals surface area contributed by atoms with Crippen LogP contribution in [0.2, 0.25) is 0 Å². The molecule has 2 nitrogen and oxygen atoms in total. The highest BCUT2D eigenvalue weighted by atomic mass is 16.1. The molecule has 1 N–H and O–H groups in total. The fourth-order valence-corrected chi connectivity index (χ4v) is 1.79. The van der Waals surface area contributed by atoms with Gasteiger partial charge in [-0.05, 0) is 51.6 Å². The Morgan fingerprint density at radius 3 is 3.00 bits per heavy atom. The number of carbonyl (C=O) groups is 1. The second-order valence-corrected chi connectivity index (χ2v) is 3.79. The molecule has 12 heavy (non-hydrogen) atoms. The summed E-state index contributed by atoms with van der Waals surface area (Å²) in [4.78, 5) is 10.8. The first-order valence-electron chi connectivity index (χ1n) is 4.99. The molecule has 1 saturated heterocycles. The fraction of sp³-hybridized carbons (Fsp3) is 0.900. The molecule has 0 amide bonds. The molecule has 0 bridgehead atoms. The Morgan fingerprint density at radius 2 is 2.25 bits per heavy atom. The molecule has 1 fully saturated rings. The van der Waals surface area contributed by atoms with E-state index in [1.165, 1.54) is 19.3 Å².